The summed E-state index contributed by atoms with van der Waals surface area (Å²) in [5, 5.41) is 5.63. The molecule has 0 saturated carbocycles. The number of rotatable bonds is 3. The molecule has 0 amide bonds. The summed E-state index contributed by atoms with van der Waals surface area (Å²) in [4.78, 5) is 1.37. The summed E-state index contributed by atoms with van der Waals surface area (Å²) in [5.74, 6) is 0. The molecular formula is C10H14BrNOS. The first-order valence-corrected chi connectivity index (χ1v) is 6.56. The maximum absolute atomic E-state index is 5.41. The van der Waals surface area contributed by atoms with Gasteiger partial charge >= 0.3 is 0 Å². The van der Waals surface area contributed by atoms with Crippen molar-refractivity contribution in [2.24, 2.45) is 0 Å². The van der Waals surface area contributed by atoms with E-state index in [1.54, 1.807) is 11.3 Å². The summed E-state index contributed by atoms with van der Waals surface area (Å²) >= 11 is 5.32. The highest BCUT2D eigenvalue weighted by molar-refractivity contribution is 9.10. The predicted octanol–water partition coefficient (Wildman–Crippen LogP) is 2.78. The summed E-state index contributed by atoms with van der Waals surface area (Å²) in [6.45, 7) is 2.75. The van der Waals surface area contributed by atoms with Crippen molar-refractivity contribution in [3.05, 3.63) is 20.8 Å². The summed E-state index contributed by atoms with van der Waals surface area (Å²) < 4.78 is 6.63. The molecule has 78 valence electrons. The molecule has 1 aromatic heterocycles. The minimum absolute atomic E-state index is 0.540. The lowest BCUT2D eigenvalue weighted by atomic mass is 10.1. The van der Waals surface area contributed by atoms with Crippen LogP contribution in [0.4, 0.5) is 0 Å². The number of halogens is 1. The van der Waals surface area contributed by atoms with Gasteiger partial charge in [0.15, 0.2) is 0 Å². The fourth-order valence-electron chi connectivity index (χ4n) is 1.59. The minimum Gasteiger partial charge on any atom is -0.380 e. The molecule has 1 N–H and O–H groups in total. The van der Waals surface area contributed by atoms with E-state index in [4.69, 9.17) is 4.74 Å². The Labute approximate surface area is 96.8 Å². The van der Waals surface area contributed by atoms with E-state index in [2.05, 4.69) is 32.7 Å². The summed E-state index contributed by atoms with van der Waals surface area (Å²) in [6, 6.07) is 2.64. The standard InChI is InChI=1S/C10H14BrNOS/c11-9-3-5-14-10(9)6-12-8-2-1-4-13-7-8/h3,5,8,12H,1-2,4,6-7H2. The maximum Gasteiger partial charge on any atom is 0.0619 e. The number of thiophene rings is 1. The Kier molecular flexibility index (Phi) is 3.99. The molecule has 2 heterocycles. The van der Waals surface area contributed by atoms with Gasteiger partial charge in [0.05, 0.1) is 6.61 Å². The molecule has 1 aliphatic rings. The van der Waals surface area contributed by atoms with Gasteiger partial charge < -0.3 is 10.1 Å². The van der Waals surface area contributed by atoms with Crippen LogP contribution in [0.1, 0.15) is 17.7 Å². The highest BCUT2D eigenvalue weighted by Crippen LogP contribution is 2.22. The van der Waals surface area contributed by atoms with E-state index in [-0.39, 0.29) is 0 Å². The van der Waals surface area contributed by atoms with Crippen molar-refractivity contribution in [2.75, 3.05) is 13.2 Å². The van der Waals surface area contributed by atoms with Gasteiger partial charge in [-0.25, -0.2) is 0 Å². The first-order valence-electron chi connectivity index (χ1n) is 4.89. The van der Waals surface area contributed by atoms with Crippen LogP contribution >= 0.6 is 27.3 Å². The highest BCUT2D eigenvalue weighted by Gasteiger charge is 2.13. The molecule has 0 radical (unpaired) electrons. The second-order valence-electron chi connectivity index (χ2n) is 3.49. The number of hydrogen-bond acceptors (Lipinski definition) is 3. The van der Waals surface area contributed by atoms with Crippen LogP contribution < -0.4 is 5.32 Å². The lowest BCUT2D eigenvalue weighted by Crippen LogP contribution is -2.36. The maximum atomic E-state index is 5.41. The third kappa shape index (κ3) is 2.79. The van der Waals surface area contributed by atoms with E-state index in [0.29, 0.717) is 6.04 Å². The Hall–Kier alpha value is 0.1000. The quantitative estimate of drug-likeness (QED) is 0.916. The predicted molar refractivity (Wildman–Crippen MR) is 62.7 cm³/mol. The van der Waals surface area contributed by atoms with E-state index in [0.717, 1.165) is 19.8 Å². The molecule has 0 spiro atoms. The lowest BCUT2D eigenvalue weighted by molar-refractivity contribution is 0.0700. The van der Waals surface area contributed by atoms with E-state index in [9.17, 15) is 0 Å². The van der Waals surface area contributed by atoms with Crippen molar-refractivity contribution < 1.29 is 4.74 Å². The molecule has 4 heteroatoms. The smallest absolute Gasteiger partial charge is 0.0619 e. The van der Waals surface area contributed by atoms with Gasteiger partial charge in [-0.15, -0.1) is 11.3 Å². The normalized spacial score (nSPS) is 22.5. The fourth-order valence-corrected chi connectivity index (χ4v) is 3.03. The molecule has 1 unspecified atom stereocenters. The van der Waals surface area contributed by atoms with Gasteiger partial charge in [0.2, 0.25) is 0 Å². The third-order valence-corrected chi connectivity index (χ3v) is 4.33. The molecule has 1 aromatic rings. The minimum atomic E-state index is 0.540. The largest absolute Gasteiger partial charge is 0.380 e. The second-order valence-corrected chi connectivity index (χ2v) is 5.34. The van der Waals surface area contributed by atoms with E-state index < -0.39 is 0 Å². The number of nitrogens with one attached hydrogen (secondary N) is 1. The first-order chi connectivity index (χ1) is 6.86. The van der Waals surface area contributed by atoms with Crippen molar-refractivity contribution in [1.82, 2.24) is 5.32 Å². The summed E-state index contributed by atoms with van der Waals surface area (Å²) in [6.07, 6.45) is 2.42. The topological polar surface area (TPSA) is 21.3 Å². The van der Waals surface area contributed by atoms with Gasteiger partial charge in [-0.3, -0.25) is 0 Å². The van der Waals surface area contributed by atoms with Crippen molar-refractivity contribution >= 4 is 27.3 Å². The van der Waals surface area contributed by atoms with E-state index in [1.165, 1.54) is 22.2 Å². The molecule has 0 bridgehead atoms. The van der Waals surface area contributed by atoms with Gasteiger partial charge in [-0.1, -0.05) is 0 Å². The van der Waals surface area contributed by atoms with Crippen molar-refractivity contribution in [3.8, 4) is 0 Å². The Balaban J connectivity index is 1.79. The zero-order chi connectivity index (χ0) is 9.80. The van der Waals surface area contributed by atoms with Gasteiger partial charge in [-0.05, 0) is 40.2 Å². The molecule has 0 aliphatic carbocycles. The molecule has 1 atom stereocenters. The first kappa shape index (κ1) is 10.6. The Morgan fingerprint density at radius 3 is 3.21 bits per heavy atom. The Morgan fingerprint density at radius 1 is 1.64 bits per heavy atom. The van der Waals surface area contributed by atoms with Gasteiger partial charge in [0.1, 0.15) is 0 Å². The third-order valence-electron chi connectivity index (χ3n) is 2.40. The van der Waals surface area contributed by atoms with Crippen LogP contribution in [0.5, 0.6) is 0 Å². The monoisotopic (exact) mass is 275 g/mol. The SMILES string of the molecule is Brc1ccsc1CNC1CCCOC1. The van der Waals surface area contributed by atoms with Crippen LogP contribution in [-0.2, 0) is 11.3 Å². The van der Waals surface area contributed by atoms with Crippen molar-refractivity contribution in [2.45, 2.75) is 25.4 Å². The Morgan fingerprint density at radius 2 is 2.57 bits per heavy atom. The second kappa shape index (κ2) is 5.26. The average molecular weight is 276 g/mol. The van der Waals surface area contributed by atoms with Crippen molar-refractivity contribution in [3.63, 3.8) is 0 Å². The highest BCUT2D eigenvalue weighted by atomic mass is 79.9. The van der Waals surface area contributed by atoms with Crippen LogP contribution in [0.25, 0.3) is 0 Å². The van der Waals surface area contributed by atoms with Crippen LogP contribution in [0.3, 0.4) is 0 Å². The molecule has 1 fully saturated rings. The zero-order valence-electron chi connectivity index (χ0n) is 7.96. The van der Waals surface area contributed by atoms with Crippen LogP contribution in [-0.4, -0.2) is 19.3 Å². The van der Waals surface area contributed by atoms with E-state index >= 15 is 0 Å². The molecule has 1 saturated heterocycles. The van der Waals surface area contributed by atoms with Crippen LogP contribution in [0.2, 0.25) is 0 Å². The molecule has 2 nitrogen and oxygen atoms in total. The fraction of sp³-hybridized carbons (Fsp3) is 0.600. The summed E-state index contributed by atoms with van der Waals surface area (Å²) in [7, 11) is 0. The zero-order valence-corrected chi connectivity index (χ0v) is 10.4. The lowest BCUT2D eigenvalue weighted by Gasteiger charge is -2.22. The van der Waals surface area contributed by atoms with Crippen LogP contribution in [0.15, 0.2) is 15.9 Å². The van der Waals surface area contributed by atoms with Gasteiger partial charge in [0, 0.05) is 28.5 Å². The van der Waals surface area contributed by atoms with Crippen molar-refractivity contribution in [1.29, 1.82) is 0 Å². The van der Waals surface area contributed by atoms with E-state index in [1.807, 2.05) is 0 Å². The molecule has 2 rings (SSSR count). The molecule has 14 heavy (non-hydrogen) atoms. The molecule has 1 aliphatic heterocycles. The summed E-state index contributed by atoms with van der Waals surface area (Å²) in [5.41, 5.74) is 0. The van der Waals surface area contributed by atoms with Gasteiger partial charge in [0.25, 0.3) is 0 Å². The molecule has 0 aromatic carbocycles. The average Bonchev–Trinajstić information content (AvgIpc) is 2.63. The number of ether oxygens (including phenoxy) is 1. The Bertz CT molecular complexity index is 283. The molecular weight excluding hydrogens is 262 g/mol. The van der Waals surface area contributed by atoms with Gasteiger partial charge in [-0.2, -0.15) is 0 Å². The van der Waals surface area contributed by atoms with Crippen LogP contribution in [0, 0.1) is 0 Å². The number of hydrogen-bond donors (Lipinski definition) is 1.